The van der Waals surface area contributed by atoms with Crippen LogP contribution in [-0.2, 0) is 33.2 Å². The number of carbonyl (C=O) groups is 2. The van der Waals surface area contributed by atoms with E-state index in [1.54, 1.807) is 12.1 Å². The maximum atomic E-state index is 15.4. The molecule has 4 aromatic rings. The summed E-state index contributed by atoms with van der Waals surface area (Å²) in [6.45, 7) is 5.01. The van der Waals surface area contributed by atoms with Crippen molar-refractivity contribution in [2.24, 2.45) is 0 Å². The molecule has 0 aromatic heterocycles. The molecule has 0 bridgehead atoms. The lowest BCUT2D eigenvalue weighted by atomic mass is 9.83. The second-order valence-electron chi connectivity index (χ2n) is 14.8. The molecule has 288 valence electrons. The van der Waals surface area contributed by atoms with Gasteiger partial charge in [0.15, 0.2) is 28.2 Å². The number of ether oxygens (including phenoxy) is 1. The van der Waals surface area contributed by atoms with Crippen molar-refractivity contribution >= 4 is 27.6 Å². The predicted molar refractivity (Wildman–Crippen MR) is 190 cm³/mol. The van der Waals surface area contributed by atoms with E-state index in [1.165, 1.54) is 42.5 Å². The number of carboxylic acids is 1. The maximum Gasteiger partial charge on any atom is 0.335 e. The van der Waals surface area contributed by atoms with Crippen molar-refractivity contribution in [3.63, 3.8) is 0 Å². The van der Waals surface area contributed by atoms with Gasteiger partial charge in [-0.2, -0.15) is 9.57 Å². The molecule has 4 aromatic carbocycles. The average Bonchev–Trinajstić information content (AvgIpc) is 4.07. The molecule has 6 rings (SSSR count). The number of carboxylic acid groups (broad SMARTS) is 1. The summed E-state index contributed by atoms with van der Waals surface area (Å²) in [5.74, 6) is -15.1. The third-order valence-corrected chi connectivity index (χ3v) is 11.3. The molecular weight excluding hydrogens is 746 g/mol. The topological polar surface area (TPSA) is 137 Å². The number of nitrogens with one attached hydrogen (secondary N) is 1. The summed E-state index contributed by atoms with van der Waals surface area (Å²) in [7, 11) is -5.80. The standard InChI is InChI=1S/C40H36F5N3O6S/c1-40(2,3)27-15-23(14-26(17-27)24-7-8-24)16-30(38(49)47-29-12-9-25(39(50)51)18-31(29)54-28-10-11-28)48(20-22-6-4-5-21(13-22)19-46)55(52,53)37-35(44)33(42)32(41)34(43)36(37)45/h4-6,9,12-15,17-18,24,28,30H,7-8,10-11,16,20H2,1-3H3,(H,47,49)(H,50,51). The molecular formula is C40H36F5N3O6S. The van der Waals surface area contributed by atoms with Crippen molar-refractivity contribution in [2.75, 3.05) is 5.32 Å². The van der Waals surface area contributed by atoms with Crippen molar-refractivity contribution in [2.45, 2.75) is 87.8 Å². The van der Waals surface area contributed by atoms with Crippen LogP contribution in [0.5, 0.6) is 5.75 Å². The van der Waals surface area contributed by atoms with Crippen molar-refractivity contribution in [3.05, 3.63) is 123 Å². The molecule has 2 saturated carbocycles. The maximum absolute atomic E-state index is 15.4. The summed E-state index contributed by atoms with van der Waals surface area (Å²) in [6, 6.07) is 14.5. The molecule has 0 heterocycles. The SMILES string of the molecule is CC(C)(C)c1cc(CC(C(=O)Nc2ccc(C(=O)O)cc2OC2CC2)N(Cc2cccc(C#N)c2)S(=O)(=O)c2c(F)c(F)c(F)c(F)c2F)cc(C2CC2)c1. The summed E-state index contributed by atoms with van der Waals surface area (Å²) in [6.07, 6.45) is 2.35. The number of benzene rings is 4. The zero-order valence-electron chi connectivity index (χ0n) is 29.9. The second kappa shape index (κ2) is 15.1. The Labute approximate surface area is 314 Å². The number of rotatable bonds is 13. The zero-order valence-corrected chi connectivity index (χ0v) is 30.7. The molecule has 2 aliphatic carbocycles. The van der Waals surface area contributed by atoms with Crippen LogP contribution in [0.3, 0.4) is 0 Å². The predicted octanol–water partition coefficient (Wildman–Crippen LogP) is 8.11. The first-order valence-corrected chi connectivity index (χ1v) is 18.8. The minimum atomic E-state index is -5.80. The van der Waals surface area contributed by atoms with Gasteiger partial charge in [-0.1, -0.05) is 51.1 Å². The van der Waals surface area contributed by atoms with Gasteiger partial charge in [-0.3, -0.25) is 4.79 Å². The minimum Gasteiger partial charge on any atom is -0.488 e. The molecule has 1 atom stereocenters. The summed E-state index contributed by atoms with van der Waals surface area (Å²) in [5, 5.41) is 21.7. The van der Waals surface area contributed by atoms with E-state index in [0.717, 1.165) is 24.0 Å². The molecule has 0 radical (unpaired) electrons. The molecule has 0 aliphatic heterocycles. The van der Waals surface area contributed by atoms with Crippen LogP contribution in [0.4, 0.5) is 27.6 Å². The van der Waals surface area contributed by atoms with Gasteiger partial charge in [0.2, 0.25) is 21.7 Å². The van der Waals surface area contributed by atoms with Crippen LogP contribution in [0, 0.1) is 40.4 Å². The highest BCUT2D eigenvalue weighted by Crippen LogP contribution is 2.42. The largest absolute Gasteiger partial charge is 0.488 e. The number of halogens is 5. The number of nitriles is 1. The summed E-state index contributed by atoms with van der Waals surface area (Å²) < 4.78 is 110. The summed E-state index contributed by atoms with van der Waals surface area (Å²) in [5.41, 5.74) is 1.65. The van der Waals surface area contributed by atoms with Crippen molar-refractivity contribution in [1.29, 1.82) is 5.26 Å². The van der Waals surface area contributed by atoms with Gasteiger partial charge in [0.05, 0.1) is 29.0 Å². The summed E-state index contributed by atoms with van der Waals surface area (Å²) in [4.78, 5) is 24.3. The van der Waals surface area contributed by atoms with Crippen LogP contribution in [-0.4, -0.2) is 41.9 Å². The van der Waals surface area contributed by atoms with Gasteiger partial charge < -0.3 is 15.2 Å². The number of hydrogen-bond donors (Lipinski definition) is 2. The third-order valence-electron chi connectivity index (χ3n) is 9.44. The molecule has 15 heteroatoms. The van der Waals surface area contributed by atoms with Crippen molar-refractivity contribution < 1.29 is 49.8 Å². The molecule has 1 amide bonds. The molecule has 2 aliphatic rings. The number of hydrogen-bond acceptors (Lipinski definition) is 6. The second-order valence-corrected chi connectivity index (χ2v) is 16.6. The summed E-state index contributed by atoms with van der Waals surface area (Å²) >= 11 is 0. The molecule has 55 heavy (non-hydrogen) atoms. The average molecular weight is 782 g/mol. The molecule has 2 N–H and O–H groups in total. The van der Waals surface area contributed by atoms with E-state index < -0.39 is 80.3 Å². The molecule has 9 nitrogen and oxygen atoms in total. The van der Waals surface area contributed by atoms with E-state index in [1.807, 2.05) is 32.9 Å². The Morgan fingerprint density at radius 1 is 0.909 bits per heavy atom. The van der Waals surface area contributed by atoms with Crippen LogP contribution in [0.15, 0.2) is 65.6 Å². The van der Waals surface area contributed by atoms with Crippen LogP contribution < -0.4 is 10.1 Å². The molecule has 0 spiro atoms. The van der Waals surface area contributed by atoms with Crippen molar-refractivity contribution in [3.8, 4) is 11.8 Å². The number of carbonyl (C=O) groups excluding carboxylic acids is 1. The van der Waals surface area contributed by atoms with E-state index in [0.29, 0.717) is 22.7 Å². The smallest absolute Gasteiger partial charge is 0.335 e. The Kier molecular flexibility index (Phi) is 10.8. The Morgan fingerprint density at radius 2 is 1.56 bits per heavy atom. The Balaban J connectivity index is 1.55. The highest BCUT2D eigenvalue weighted by Gasteiger charge is 2.43. The van der Waals surface area contributed by atoms with Gasteiger partial charge in [-0.05, 0) is 96.0 Å². The van der Waals surface area contributed by atoms with E-state index in [9.17, 15) is 41.5 Å². The quantitative estimate of drug-likeness (QED) is 0.0795. The Morgan fingerprint density at radius 3 is 2.15 bits per heavy atom. The van der Waals surface area contributed by atoms with Gasteiger partial charge >= 0.3 is 5.97 Å². The van der Waals surface area contributed by atoms with Gasteiger partial charge in [0.1, 0.15) is 11.8 Å². The number of aromatic carboxylic acids is 1. The van der Waals surface area contributed by atoms with Crippen molar-refractivity contribution in [1.82, 2.24) is 4.31 Å². The van der Waals surface area contributed by atoms with E-state index in [-0.39, 0.29) is 40.1 Å². The van der Waals surface area contributed by atoms with Gasteiger partial charge in [-0.25, -0.2) is 35.2 Å². The Hall–Kier alpha value is -5.33. The fourth-order valence-corrected chi connectivity index (χ4v) is 7.81. The highest BCUT2D eigenvalue weighted by atomic mass is 32.2. The normalized spacial score (nSPS) is 15.1. The first kappa shape index (κ1) is 39.4. The third kappa shape index (κ3) is 8.50. The molecule has 1 unspecified atom stereocenters. The van der Waals surface area contributed by atoms with E-state index >= 15 is 8.78 Å². The number of anilines is 1. The number of nitrogens with zero attached hydrogens (tertiary/aromatic N) is 2. The van der Waals surface area contributed by atoms with Gasteiger partial charge in [0.25, 0.3) is 0 Å². The van der Waals surface area contributed by atoms with Crippen LogP contribution in [0.1, 0.15) is 90.5 Å². The molecule has 0 saturated heterocycles. The number of amides is 1. The molecule has 2 fully saturated rings. The first-order chi connectivity index (χ1) is 25.9. The minimum absolute atomic E-state index is 0.0452. The van der Waals surface area contributed by atoms with E-state index in [4.69, 9.17) is 4.74 Å². The fourth-order valence-electron chi connectivity index (χ4n) is 6.12. The highest BCUT2D eigenvalue weighted by molar-refractivity contribution is 7.89. The zero-order chi connectivity index (χ0) is 40.0. The van der Waals surface area contributed by atoms with Gasteiger partial charge in [-0.15, -0.1) is 0 Å². The van der Waals surface area contributed by atoms with Gasteiger partial charge in [0, 0.05) is 6.54 Å². The van der Waals surface area contributed by atoms with Crippen LogP contribution in [0.2, 0.25) is 0 Å². The van der Waals surface area contributed by atoms with Crippen LogP contribution in [0.25, 0.3) is 0 Å². The lowest BCUT2D eigenvalue weighted by Crippen LogP contribution is -2.48. The lowest BCUT2D eigenvalue weighted by Gasteiger charge is -2.31. The van der Waals surface area contributed by atoms with Crippen LogP contribution >= 0.6 is 0 Å². The first-order valence-electron chi connectivity index (χ1n) is 17.4. The van der Waals surface area contributed by atoms with E-state index in [2.05, 4.69) is 5.32 Å². The fraction of sp³-hybridized carbons (Fsp3) is 0.325. The number of sulfonamides is 1. The monoisotopic (exact) mass is 781 g/mol. The Bertz CT molecular complexity index is 2320. The lowest BCUT2D eigenvalue weighted by molar-refractivity contribution is -0.120.